The van der Waals surface area contributed by atoms with Gasteiger partial charge in [0, 0.05) is 17.9 Å². The van der Waals surface area contributed by atoms with Crippen molar-refractivity contribution in [3.63, 3.8) is 0 Å². The van der Waals surface area contributed by atoms with E-state index in [1.807, 2.05) is 0 Å². The van der Waals surface area contributed by atoms with Gasteiger partial charge in [-0.15, -0.1) is 0 Å². The smallest absolute Gasteiger partial charge is 0.324 e. The Balaban J connectivity index is 0.00000226. The zero-order chi connectivity index (χ0) is 30.3. The molecule has 0 spiro atoms. The van der Waals surface area contributed by atoms with Gasteiger partial charge in [-0.3, -0.25) is 9.10 Å². The standard InChI is InChI=1S/C26H18F4N2O5S2.CH4O/c27-18-7-3-8-19(28)25(18)38-31(15-24(34)35)22-11-12-23(17-6-2-1-5-16(17)22)32(13-14-33)39(36,37)26-20(29)9-4-10-21(26)30;1-2/h1-12,14H,13,15H2,(H,34,35);2H,1H3. The molecule has 0 aliphatic carbocycles. The largest absolute Gasteiger partial charge is 0.480 e. The summed E-state index contributed by atoms with van der Waals surface area (Å²) in [6, 6.07) is 14.2. The quantitative estimate of drug-likeness (QED) is 0.147. The van der Waals surface area contributed by atoms with Crippen molar-refractivity contribution in [2.45, 2.75) is 9.79 Å². The molecule has 0 aromatic heterocycles. The third kappa shape index (κ3) is 6.61. The molecule has 4 rings (SSSR count). The van der Waals surface area contributed by atoms with Crippen molar-refractivity contribution < 1.29 is 45.8 Å². The first kappa shape index (κ1) is 31.4. The molecule has 216 valence electrons. The molecule has 41 heavy (non-hydrogen) atoms. The van der Waals surface area contributed by atoms with Gasteiger partial charge in [-0.1, -0.05) is 36.4 Å². The molecule has 2 N–H and O–H groups in total. The van der Waals surface area contributed by atoms with E-state index in [0.717, 1.165) is 47.8 Å². The van der Waals surface area contributed by atoms with Crippen LogP contribution in [-0.4, -0.2) is 51.1 Å². The van der Waals surface area contributed by atoms with E-state index in [4.69, 9.17) is 5.11 Å². The summed E-state index contributed by atoms with van der Waals surface area (Å²) in [6.07, 6.45) is 0.243. The lowest BCUT2D eigenvalue weighted by Crippen LogP contribution is -2.34. The Bertz CT molecular complexity index is 1650. The van der Waals surface area contributed by atoms with Crippen LogP contribution in [0, 0.1) is 23.3 Å². The third-order valence-electron chi connectivity index (χ3n) is 5.52. The van der Waals surface area contributed by atoms with Crippen molar-refractivity contribution >= 4 is 56.4 Å². The number of anilines is 2. The fraction of sp³-hybridized carbons (Fsp3) is 0.111. The second-order valence-electron chi connectivity index (χ2n) is 7.98. The number of nitrogens with zero attached hydrogens (tertiary/aromatic N) is 2. The first-order valence-electron chi connectivity index (χ1n) is 11.5. The number of halogens is 4. The summed E-state index contributed by atoms with van der Waals surface area (Å²) in [5, 5.41) is 16.9. The third-order valence-corrected chi connectivity index (χ3v) is 8.47. The number of hydrogen-bond donors (Lipinski definition) is 2. The minimum Gasteiger partial charge on any atom is -0.480 e. The maximum absolute atomic E-state index is 14.5. The van der Waals surface area contributed by atoms with Crippen LogP contribution in [-0.2, 0) is 19.6 Å². The number of carbonyl (C=O) groups excluding carboxylic acids is 1. The van der Waals surface area contributed by atoms with Crippen LogP contribution in [0.5, 0.6) is 0 Å². The Morgan fingerprint density at radius 1 is 0.805 bits per heavy atom. The van der Waals surface area contributed by atoms with E-state index in [9.17, 15) is 40.7 Å². The first-order chi connectivity index (χ1) is 19.6. The highest BCUT2D eigenvalue weighted by molar-refractivity contribution is 8.00. The summed E-state index contributed by atoms with van der Waals surface area (Å²) >= 11 is 0.484. The molecular formula is C27H22F4N2O6S2. The second-order valence-corrected chi connectivity index (χ2v) is 10.8. The fourth-order valence-electron chi connectivity index (χ4n) is 3.90. The maximum Gasteiger partial charge on any atom is 0.324 e. The number of hydrogen-bond acceptors (Lipinski definition) is 7. The number of aliphatic hydroxyl groups is 1. The van der Waals surface area contributed by atoms with E-state index in [0.29, 0.717) is 16.3 Å². The minimum atomic E-state index is -4.94. The van der Waals surface area contributed by atoms with Gasteiger partial charge < -0.3 is 19.3 Å². The lowest BCUT2D eigenvalue weighted by atomic mass is 10.1. The number of benzene rings is 4. The van der Waals surface area contributed by atoms with Gasteiger partial charge in [0.2, 0.25) is 0 Å². The Kier molecular flexibility index (Phi) is 10.3. The van der Waals surface area contributed by atoms with Gasteiger partial charge in [0.15, 0.2) is 4.90 Å². The zero-order valence-electron chi connectivity index (χ0n) is 21.2. The summed E-state index contributed by atoms with van der Waals surface area (Å²) < 4.78 is 86.2. The van der Waals surface area contributed by atoms with Crippen LogP contribution in [0.3, 0.4) is 0 Å². The van der Waals surface area contributed by atoms with Gasteiger partial charge in [-0.25, -0.2) is 26.0 Å². The molecule has 0 aliphatic heterocycles. The molecule has 14 heteroatoms. The molecule has 0 fully saturated rings. The lowest BCUT2D eigenvalue weighted by Gasteiger charge is -2.27. The van der Waals surface area contributed by atoms with E-state index in [-0.39, 0.29) is 28.4 Å². The van der Waals surface area contributed by atoms with Gasteiger partial charge in [0.1, 0.15) is 41.0 Å². The zero-order valence-corrected chi connectivity index (χ0v) is 22.8. The van der Waals surface area contributed by atoms with Crippen LogP contribution in [0.25, 0.3) is 10.8 Å². The summed E-state index contributed by atoms with van der Waals surface area (Å²) in [6.45, 7) is -1.51. The summed E-state index contributed by atoms with van der Waals surface area (Å²) in [4.78, 5) is 21.4. The second kappa shape index (κ2) is 13.5. The predicted molar refractivity (Wildman–Crippen MR) is 146 cm³/mol. The SMILES string of the molecule is CO.O=CCN(c1ccc(N(CC(=O)O)Sc2c(F)cccc2F)c2ccccc12)S(=O)(=O)c1c(F)cccc1F. The number of carbonyl (C=O) groups is 2. The number of carboxylic acid groups (broad SMARTS) is 1. The van der Waals surface area contributed by atoms with Crippen LogP contribution in [0.1, 0.15) is 0 Å². The number of aldehydes is 1. The number of aliphatic hydroxyl groups excluding tert-OH is 1. The molecule has 0 heterocycles. The molecule has 8 nitrogen and oxygen atoms in total. The lowest BCUT2D eigenvalue weighted by molar-refractivity contribution is -0.135. The van der Waals surface area contributed by atoms with Gasteiger partial charge in [-0.05, 0) is 48.3 Å². The van der Waals surface area contributed by atoms with Crippen molar-refractivity contribution in [1.82, 2.24) is 0 Å². The molecule has 0 saturated heterocycles. The number of aliphatic carboxylic acids is 1. The van der Waals surface area contributed by atoms with Gasteiger partial charge in [-0.2, -0.15) is 0 Å². The number of fused-ring (bicyclic) bond motifs is 1. The van der Waals surface area contributed by atoms with Crippen LogP contribution in [0.4, 0.5) is 28.9 Å². The molecule has 0 bridgehead atoms. The molecule has 0 amide bonds. The Morgan fingerprint density at radius 3 is 1.80 bits per heavy atom. The molecule has 0 radical (unpaired) electrons. The van der Waals surface area contributed by atoms with E-state index >= 15 is 0 Å². The van der Waals surface area contributed by atoms with Crippen LogP contribution < -0.4 is 8.61 Å². The van der Waals surface area contributed by atoms with Crippen molar-refractivity contribution in [3.8, 4) is 0 Å². The van der Waals surface area contributed by atoms with Gasteiger partial charge in [0.25, 0.3) is 10.0 Å². The summed E-state index contributed by atoms with van der Waals surface area (Å²) in [5.74, 6) is -5.89. The average Bonchev–Trinajstić information content (AvgIpc) is 2.93. The first-order valence-corrected chi connectivity index (χ1v) is 13.8. The van der Waals surface area contributed by atoms with Crippen LogP contribution in [0.15, 0.2) is 82.6 Å². The van der Waals surface area contributed by atoms with E-state index in [2.05, 4.69) is 0 Å². The van der Waals surface area contributed by atoms with Gasteiger partial charge >= 0.3 is 5.97 Å². The Labute approximate surface area is 236 Å². The van der Waals surface area contributed by atoms with Crippen molar-refractivity contribution in [2.24, 2.45) is 0 Å². The maximum atomic E-state index is 14.5. The normalized spacial score (nSPS) is 11.0. The Hall–Kier alpha value is -4.14. The van der Waals surface area contributed by atoms with E-state index in [1.165, 1.54) is 30.3 Å². The molecule has 0 aliphatic rings. The topological polar surface area (TPSA) is 115 Å². The Morgan fingerprint density at radius 2 is 1.29 bits per heavy atom. The molecule has 0 unspecified atom stereocenters. The predicted octanol–water partition coefficient (Wildman–Crippen LogP) is 5.00. The average molecular weight is 611 g/mol. The highest BCUT2D eigenvalue weighted by Crippen LogP contribution is 2.41. The highest BCUT2D eigenvalue weighted by Gasteiger charge is 2.32. The molecule has 0 atom stereocenters. The van der Waals surface area contributed by atoms with Crippen LogP contribution in [0.2, 0.25) is 0 Å². The summed E-state index contributed by atoms with van der Waals surface area (Å²) in [5.41, 5.74) is 0.00590. The molecule has 0 saturated carbocycles. The number of sulfonamides is 1. The fourth-order valence-corrected chi connectivity index (χ4v) is 6.39. The van der Waals surface area contributed by atoms with E-state index in [1.54, 1.807) is 6.07 Å². The van der Waals surface area contributed by atoms with Crippen LogP contribution >= 0.6 is 11.9 Å². The molecule has 4 aromatic rings. The molecule has 4 aromatic carbocycles. The van der Waals surface area contributed by atoms with Gasteiger partial charge in [0.05, 0.1) is 17.9 Å². The van der Waals surface area contributed by atoms with Crippen molar-refractivity contribution in [1.29, 1.82) is 0 Å². The minimum absolute atomic E-state index is 0.138. The number of rotatable bonds is 10. The van der Waals surface area contributed by atoms with Crippen molar-refractivity contribution in [2.75, 3.05) is 28.8 Å². The van der Waals surface area contributed by atoms with E-state index < -0.39 is 62.1 Å². The highest BCUT2D eigenvalue weighted by atomic mass is 32.2. The van der Waals surface area contributed by atoms with Crippen molar-refractivity contribution in [3.05, 3.63) is 96.1 Å². The number of carboxylic acids is 1. The monoisotopic (exact) mass is 610 g/mol. The summed E-state index contributed by atoms with van der Waals surface area (Å²) in [7, 11) is -3.94. The molecular weight excluding hydrogens is 588 g/mol.